The van der Waals surface area contributed by atoms with Crippen LogP contribution in [0, 0.1) is 6.92 Å². The topological polar surface area (TPSA) is 87.7 Å². The molecule has 0 aliphatic rings. The maximum atomic E-state index is 11.7. The van der Waals surface area contributed by atoms with Crippen LogP contribution in [0.4, 0.5) is 0 Å². The standard InChI is InChI=1S/C16H17N3O2/c1-10-6-8-11(9-7-10)14(19-17)12-4-3-5-13(15(12)20)16(21)18-2/h3-9,20H,17H2,1-2H3,(H,18,21)/b19-14-. The van der Waals surface area contributed by atoms with Gasteiger partial charge in [-0.25, -0.2) is 0 Å². The first-order valence-electron chi connectivity index (χ1n) is 6.47. The molecular formula is C16H17N3O2. The molecule has 2 aromatic rings. The van der Waals surface area contributed by atoms with Crippen LogP contribution in [0.3, 0.4) is 0 Å². The molecule has 0 unspecified atom stereocenters. The lowest BCUT2D eigenvalue weighted by atomic mass is 9.98. The zero-order valence-electron chi connectivity index (χ0n) is 11.9. The van der Waals surface area contributed by atoms with Crippen molar-refractivity contribution in [1.29, 1.82) is 0 Å². The monoisotopic (exact) mass is 283 g/mol. The van der Waals surface area contributed by atoms with Crippen molar-refractivity contribution in [3.05, 3.63) is 64.7 Å². The number of nitrogens with two attached hydrogens (primary N) is 1. The summed E-state index contributed by atoms with van der Waals surface area (Å²) in [6.07, 6.45) is 0. The van der Waals surface area contributed by atoms with Crippen molar-refractivity contribution >= 4 is 11.6 Å². The summed E-state index contributed by atoms with van der Waals surface area (Å²) in [5.41, 5.74) is 2.91. The van der Waals surface area contributed by atoms with Crippen LogP contribution in [0.1, 0.15) is 27.0 Å². The summed E-state index contributed by atoms with van der Waals surface area (Å²) in [7, 11) is 1.51. The van der Waals surface area contributed by atoms with Crippen molar-refractivity contribution in [2.24, 2.45) is 10.9 Å². The highest BCUT2D eigenvalue weighted by atomic mass is 16.3. The molecular weight excluding hydrogens is 266 g/mol. The summed E-state index contributed by atoms with van der Waals surface area (Å²) in [4.78, 5) is 11.7. The molecule has 5 nitrogen and oxygen atoms in total. The molecule has 0 heterocycles. The Labute approximate surface area is 123 Å². The normalized spacial score (nSPS) is 11.2. The highest BCUT2D eigenvalue weighted by Crippen LogP contribution is 2.25. The Morgan fingerprint density at radius 1 is 1.14 bits per heavy atom. The number of rotatable bonds is 3. The fourth-order valence-electron chi connectivity index (χ4n) is 2.06. The fourth-order valence-corrected chi connectivity index (χ4v) is 2.06. The molecule has 0 fully saturated rings. The maximum absolute atomic E-state index is 11.7. The Bertz CT molecular complexity index is 691. The van der Waals surface area contributed by atoms with Gasteiger partial charge in [0.15, 0.2) is 0 Å². The number of amides is 1. The number of hydrogen-bond acceptors (Lipinski definition) is 4. The van der Waals surface area contributed by atoms with Crippen LogP contribution in [0.15, 0.2) is 47.6 Å². The van der Waals surface area contributed by atoms with Gasteiger partial charge in [-0.1, -0.05) is 35.9 Å². The molecule has 0 atom stereocenters. The van der Waals surface area contributed by atoms with Gasteiger partial charge in [0, 0.05) is 18.2 Å². The number of benzene rings is 2. The number of hydrazone groups is 1. The number of para-hydroxylation sites is 1. The quantitative estimate of drug-likeness (QED) is 0.456. The Hall–Kier alpha value is -2.82. The predicted octanol–water partition coefficient (Wildman–Crippen LogP) is 1.77. The smallest absolute Gasteiger partial charge is 0.254 e. The number of nitrogens with zero attached hydrogens (tertiary/aromatic N) is 1. The van der Waals surface area contributed by atoms with E-state index in [-0.39, 0.29) is 17.2 Å². The number of phenols is 1. The summed E-state index contributed by atoms with van der Waals surface area (Å²) in [6, 6.07) is 12.5. The van der Waals surface area contributed by atoms with Crippen molar-refractivity contribution < 1.29 is 9.90 Å². The summed E-state index contributed by atoms with van der Waals surface area (Å²) in [6.45, 7) is 1.98. The first kappa shape index (κ1) is 14.6. The van der Waals surface area contributed by atoms with Crippen LogP contribution >= 0.6 is 0 Å². The van der Waals surface area contributed by atoms with E-state index in [1.165, 1.54) is 7.05 Å². The van der Waals surface area contributed by atoms with Gasteiger partial charge in [0.05, 0.1) is 5.56 Å². The molecule has 0 saturated heterocycles. The van der Waals surface area contributed by atoms with Crippen molar-refractivity contribution in [3.8, 4) is 5.75 Å². The molecule has 2 aromatic carbocycles. The van der Waals surface area contributed by atoms with Crippen molar-refractivity contribution in [2.75, 3.05) is 7.05 Å². The molecule has 0 aromatic heterocycles. The van der Waals surface area contributed by atoms with E-state index >= 15 is 0 Å². The van der Waals surface area contributed by atoms with Gasteiger partial charge in [-0.2, -0.15) is 5.10 Å². The van der Waals surface area contributed by atoms with E-state index in [1.807, 2.05) is 31.2 Å². The molecule has 0 radical (unpaired) electrons. The van der Waals surface area contributed by atoms with Gasteiger partial charge in [0.2, 0.25) is 0 Å². The molecule has 21 heavy (non-hydrogen) atoms. The van der Waals surface area contributed by atoms with E-state index in [0.717, 1.165) is 11.1 Å². The van der Waals surface area contributed by atoms with Crippen molar-refractivity contribution in [2.45, 2.75) is 6.92 Å². The van der Waals surface area contributed by atoms with Crippen LogP contribution in [0.5, 0.6) is 5.75 Å². The first-order valence-corrected chi connectivity index (χ1v) is 6.47. The number of aromatic hydroxyl groups is 1. The molecule has 0 aliphatic heterocycles. The zero-order valence-corrected chi connectivity index (χ0v) is 11.9. The van der Waals surface area contributed by atoms with E-state index < -0.39 is 0 Å². The van der Waals surface area contributed by atoms with Crippen LogP contribution in [-0.4, -0.2) is 23.8 Å². The van der Waals surface area contributed by atoms with E-state index in [0.29, 0.717) is 11.3 Å². The molecule has 2 rings (SSSR count). The molecule has 1 amide bonds. The lowest BCUT2D eigenvalue weighted by Gasteiger charge is -2.11. The highest BCUT2D eigenvalue weighted by Gasteiger charge is 2.17. The lowest BCUT2D eigenvalue weighted by Crippen LogP contribution is -2.19. The Morgan fingerprint density at radius 3 is 2.33 bits per heavy atom. The first-order chi connectivity index (χ1) is 10.1. The minimum atomic E-state index is -0.366. The molecule has 0 aliphatic carbocycles. The van der Waals surface area contributed by atoms with Gasteiger partial charge in [0.25, 0.3) is 5.91 Å². The Morgan fingerprint density at radius 2 is 1.76 bits per heavy atom. The van der Waals surface area contributed by atoms with Crippen LogP contribution in [0.2, 0.25) is 0 Å². The predicted molar refractivity (Wildman–Crippen MR) is 82.5 cm³/mol. The second-order valence-electron chi connectivity index (χ2n) is 4.62. The van der Waals surface area contributed by atoms with Crippen molar-refractivity contribution in [3.63, 3.8) is 0 Å². The maximum Gasteiger partial charge on any atom is 0.254 e. The Kier molecular flexibility index (Phi) is 4.23. The van der Waals surface area contributed by atoms with Gasteiger partial charge in [-0.3, -0.25) is 4.79 Å². The minimum Gasteiger partial charge on any atom is -0.506 e. The van der Waals surface area contributed by atoms with Crippen LogP contribution in [0.25, 0.3) is 0 Å². The van der Waals surface area contributed by atoms with Gasteiger partial charge in [-0.05, 0) is 19.1 Å². The number of nitrogens with one attached hydrogen (secondary N) is 1. The van der Waals surface area contributed by atoms with E-state index in [9.17, 15) is 9.90 Å². The number of aryl methyl sites for hydroxylation is 1. The van der Waals surface area contributed by atoms with Gasteiger partial charge < -0.3 is 16.3 Å². The SMILES string of the molecule is CNC(=O)c1cccc(/C(=N\N)c2ccc(C)cc2)c1O. The Balaban J connectivity index is 2.54. The average Bonchev–Trinajstić information content (AvgIpc) is 2.50. The zero-order chi connectivity index (χ0) is 15.4. The van der Waals surface area contributed by atoms with E-state index in [4.69, 9.17) is 5.84 Å². The number of phenolic OH excluding ortho intramolecular Hbond substituents is 1. The number of carbonyl (C=O) groups excluding carboxylic acids is 1. The van der Waals surface area contributed by atoms with Gasteiger partial charge in [-0.15, -0.1) is 0 Å². The van der Waals surface area contributed by atoms with E-state index in [1.54, 1.807) is 18.2 Å². The number of carbonyl (C=O) groups is 1. The third kappa shape index (κ3) is 2.86. The lowest BCUT2D eigenvalue weighted by molar-refractivity contribution is 0.0960. The molecule has 108 valence electrons. The second kappa shape index (κ2) is 6.09. The van der Waals surface area contributed by atoms with Crippen molar-refractivity contribution in [1.82, 2.24) is 5.32 Å². The largest absolute Gasteiger partial charge is 0.506 e. The summed E-state index contributed by atoms with van der Waals surface area (Å²) in [5.74, 6) is 4.98. The molecule has 5 heteroatoms. The average molecular weight is 283 g/mol. The van der Waals surface area contributed by atoms with Crippen LogP contribution in [-0.2, 0) is 0 Å². The van der Waals surface area contributed by atoms with Gasteiger partial charge >= 0.3 is 0 Å². The second-order valence-corrected chi connectivity index (χ2v) is 4.62. The molecule has 0 spiro atoms. The summed E-state index contributed by atoms with van der Waals surface area (Å²) >= 11 is 0. The molecule has 4 N–H and O–H groups in total. The highest BCUT2D eigenvalue weighted by molar-refractivity contribution is 6.15. The van der Waals surface area contributed by atoms with Gasteiger partial charge in [0.1, 0.15) is 11.5 Å². The van der Waals surface area contributed by atoms with E-state index in [2.05, 4.69) is 10.4 Å². The third-order valence-corrected chi connectivity index (χ3v) is 3.22. The molecule has 0 saturated carbocycles. The summed E-state index contributed by atoms with van der Waals surface area (Å²) in [5, 5.41) is 16.6. The molecule has 0 bridgehead atoms. The number of hydrogen-bond donors (Lipinski definition) is 3. The third-order valence-electron chi connectivity index (χ3n) is 3.22. The summed E-state index contributed by atoms with van der Waals surface area (Å²) < 4.78 is 0. The minimum absolute atomic E-state index is 0.137. The fraction of sp³-hybridized carbons (Fsp3) is 0.125. The van der Waals surface area contributed by atoms with Crippen LogP contribution < -0.4 is 11.2 Å².